The second-order valence-electron chi connectivity index (χ2n) is 5.45. The van der Waals surface area contributed by atoms with Gasteiger partial charge in [0.05, 0.1) is 11.8 Å². The van der Waals surface area contributed by atoms with E-state index in [1.165, 1.54) is 4.90 Å². The van der Waals surface area contributed by atoms with E-state index in [9.17, 15) is 14.7 Å². The highest BCUT2D eigenvalue weighted by Crippen LogP contribution is 2.41. The Morgan fingerprint density at radius 3 is 2.32 bits per heavy atom. The predicted molar refractivity (Wildman–Crippen MR) is 70.4 cm³/mol. The minimum atomic E-state index is -0.698. The molecule has 2 fully saturated rings. The van der Waals surface area contributed by atoms with Crippen molar-refractivity contribution in [1.82, 2.24) is 0 Å². The number of carbonyl (C=O) groups is 2. The summed E-state index contributed by atoms with van der Waals surface area (Å²) in [7, 11) is 0. The number of rotatable bonds is 2. The van der Waals surface area contributed by atoms with E-state index >= 15 is 0 Å². The normalized spacial score (nSPS) is 27.8. The molecule has 4 heteroatoms. The van der Waals surface area contributed by atoms with E-state index in [0.29, 0.717) is 17.7 Å². The summed E-state index contributed by atoms with van der Waals surface area (Å²) in [6.45, 7) is 1.65. The largest absolute Gasteiger partial charge is 0.389 e. The first-order valence-corrected chi connectivity index (χ1v) is 6.74. The van der Waals surface area contributed by atoms with Gasteiger partial charge in [0.2, 0.25) is 11.8 Å². The Kier molecular flexibility index (Phi) is 2.90. The summed E-state index contributed by atoms with van der Waals surface area (Å²) in [5.74, 6) is -0.256. The van der Waals surface area contributed by atoms with Gasteiger partial charge in [-0.05, 0) is 32.3 Å². The lowest BCUT2D eigenvalue weighted by atomic mass is 9.95. The molecule has 2 aliphatic rings. The van der Waals surface area contributed by atoms with Gasteiger partial charge in [0.15, 0.2) is 0 Å². The molecule has 1 heterocycles. The van der Waals surface area contributed by atoms with Crippen molar-refractivity contribution in [2.75, 3.05) is 4.90 Å². The molecule has 0 aromatic heterocycles. The third kappa shape index (κ3) is 1.87. The lowest BCUT2D eigenvalue weighted by Crippen LogP contribution is -2.46. The number of piperidine rings is 1. The number of carbonyl (C=O) groups excluding carboxylic acids is 2. The average molecular weight is 259 g/mol. The Hall–Kier alpha value is -1.68. The van der Waals surface area contributed by atoms with E-state index < -0.39 is 6.10 Å². The molecule has 1 aromatic carbocycles. The number of amides is 2. The molecule has 1 N–H and O–H groups in total. The third-order valence-electron chi connectivity index (χ3n) is 4.20. The van der Waals surface area contributed by atoms with E-state index in [2.05, 4.69) is 0 Å². The van der Waals surface area contributed by atoms with Crippen LogP contribution in [0.4, 0.5) is 5.69 Å². The molecule has 1 aliphatic carbocycles. The fourth-order valence-corrected chi connectivity index (χ4v) is 3.19. The van der Waals surface area contributed by atoms with Crippen molar-refractivity contribution < 1.29 is 14.7 Å². The van der Waals surface area contributed by atoms with Crippen LogP contribution >= 0.6 is 0 Å². The summed E-state index contributed by atoms with van der Waals surface area (Å²) in [6, 6.07) is 7.09. The van der Waals surface area contributed by atoms with Crippen molar-refractivity contribution in [1.29, 1.82) is 0 Å². The topological polar surface area (TPSA) is 57.6 Å². The first-order chi connectivity index (χ1) is 9.09. The van der Waals surface area contributed by atoms with Crippen LogP contribution in [-0.4, -0.2) is 16.9 Å². The number of benzene rings is 1. The molecule has 1 aliphatic heterocycles. The number of hydrogen-bond acceptors (Lipinski definition) is 3. The van der Waals surface area contributed by atoms with Gasteiger partial charge in [0, 0.05) is 17.4 Å². The maximum Gasteiger partial charge on any atom is 0.236 e. The quantitative estimate of drug-likeness (QED) is 0.827. The van der Waals surface area contributed by atoms with Gasteiger partial charge in [-0.25, -0.2) is 4.90 Å². The highest BCUT2D eigenvalue weighted by Gasteiger charge is 2.46. The first-order valence-electron chi connectivity index (χ1n) is 6.74. The van der Waals surface area contributed by atoms with E-state index in [1.54, 1.807) is 31.2 Å². The van der Waals surface area contributed by atoms with E-state index in [-0.39, 0.29) is 23.7 Å². The average Bonchev–Trinajstić information content (AvgIpc) is 2.84. The minimum Gasteiger partial charge on any atom is -0.389 e. The van der Waals surface area contributed by atoms with Crippen molar-refractivity contribution in [3.8, 4) is 0 Å². The molecule has 2 amide bonds. The summed E-state index contributed by atoms with van der Waals surface area (Å²) in [4.78, 5) is 26.1. The number of fused-ring (bicyclic) bond motifs is 2. The Labute approximate surface area is 112 Å². The molecular weight excluding hydrogens is 242 g/mol. The number of aliphatic hydroxyl groups is 1. The van der Waals surface area contributed by atoms with Gasteiger partial charge in [-0.2, -0.15) is 0 Å². The van der Waals surface area contributed by atoms with Crippen molar-refractivity contribution in [2.45, 2.75) is 32.3 Å². The van der Waals surface area contributed by atoms with Crippen LogP contribution in [0.1, 0.15) is 37.9 Å². The number of aliphatic hydroxyl groups excluding tert-OH is 1. The summed E-state index contributed by atoms with van der Waals surface area (Å²) in [5, 5.41) is 9.81. The SMILES string of the molecule is CC(O)c1ccccc1N1C(=O)C2CCC(C2)C1=O. The summed E-state index contributed by atoms with van der Waals surface area (Å²) in [5.41, 5.74) is 1.18. The smallest absolute Gasteiger partial charge is 0.236 e. The zero-order valence-corrected chi connectivity index (χ0v) is 10.9. The molecule has 0 radical (unpaired) electrons. The molecule has 2 bridgehead atoms. The molecule has 1 aromatic rings. The summed E-state index contributed by atoms with van der Waals surface area (Å²) in [6.07, 6.45) is 1.62. The van der Waals surface area contributed by atoms with Crippen molar-refractivity contribution in [3.63, 3.8) is 0 Å². The van der Waals surface area contributed by atoms with Gasteiger partial charge in [-0.15, -0.1) is 0 Å². The van der Waals surface area contributed by atoms with Crippen LogP contribution in [0.25, 0.3) is 0 Å². The minimum absolute atomic E-state index is 0.0234. The molecule has 1 saturated heterocycles. The van der Waals surface area contributed by atoms with Crippen LogP contribution in [-0.2, 0) is 9.59 Å². The molecule has 4 nitrogen and oxygen atoms in total. The van der Waals surface area contributed by atoms with E-state index in [1.807, 2.05) is 0 Å². The van der Waals surface area contributed by atoms with E-state index in [0.717, 1.165) is 12.8 Å². The van der Waals surface area contributed by atoms with Crippen LogP contribution in [0.3, 0.4) is 0 Å². The zero-order chi connectivity index (χ0) is 13.6. The van der Waals surface area contributed by atoms with Gasteiger partial charge in [0.1, 0.15) is 0 Å². The third-order valence-corrected chi connectivity index (χ3v) is 4.20. The van der Waals surface area contributed by atoms with Crippen LogP contribution in [0.15, 0.2) is 24.3 Å². The molecular formula is C15H17NO3. The highest BCUT2D eigenvalue weighted by atomic mass is 16.3. The van der Waals surface area contributed by atoms with Gasteiger partial charge in [-0.1, -0.05) is 18.2 Å². The molecule has 3 rings (SSSR count). The van der Waals surface area contributed by atoms with Crippen LogP contribution in [0.2, 0.25) is 0 Å². The maximum absolute atomic E-state index is 12.4. The Balaban J connectivity index is 2.06. The van der Waals surface area contributed by atoms with Crippen molar-refractivity contribution in [3.05, 3.63) is 29.8 Å². The molecule has 3 atom stereocenters. The van der Waals surface area contributed by atoms with Gasteiger partial charge in [0.25, 0.3) is 0 Å². The van der Waals surface area contributed by atoms with Crippen LogP contribution in [0.5, 0.6) is 0 Å². The summed E-state index contributed by atoms with van der Waals surface area (Å²) < 4.78 is 0. The molecule has 0 spiro atoms. The number of para-hydroxylation sites is 1. The van der Waals surface area contributed by atoms with Crippen LogP contribution in [0, 0.1) is 11.8 Å². The first kappa shape index (κ1) is 12.4. The second kappa shape index (κ2) is 4.46. The number of hydrogen-bond donors (Lipinski definition) is 1. The van der Waals surface area contributed by atoms with Gasteiger partial charge < -0.3 is 5.11 Å². The second-order valence-corrected chi connectivity index (χ2v) is 5.45. The lowest BCUT2D eigenvalue weighted by molar-refractivity contribution is -0.133. The number of anilines is 1. The molecule has 1 saturated carbocycles. The van der Waals surface area contributed by atoms with Gasteiger partial charge in [-0.3, -0.25) is 9.59 Å². The predicted octanol–water partition coefficient (Wildman–Crippen LogP) is 2.03. The fourth-order valence-electron chi connectivity index (χ4n) is 3.19. The highest BCUT2D eigenvalue weighted by molar-refractivity contribution is 6.19. The van der Waals surface area contributed by atoms with Crippen molar-refractivity contribution in [2.24, 2.45) is 11.8 Å². The summed E-state index contributed by atoms with van der Waals surface area (Å²) >= 11 is 0. The molecule has 19 heavy (non-hydrogen) atoms. The fraction of sp³-hybridized carbons (Fsp3) is 0.467. The van der Waals surface area contributed by atoms with E-state index in [4.69, 9.17) is 0 Å². The molecule has 3 unspecified atom stereocenters. The monoisotopic (exact) mass is 259 g/mol. The Bertz CT molecular complexity index is 516. The van der Waals surface area contributed by atoms with Gasteiger partial charge >= 0.3 is 0 Å². The lowest BCUT2D eigenvalue weighted by Gasteiger charge is -2.31. The van der Waals surface area contributed by atoms with Crippen molar-refractivity contribution >= 4 is 17.5 Å². The Morgan fingerprint density at radius 2 is 1.74 bits per heavy atom. The maximum atomic E-state index is 12.4. The zero-order valence-electron chi connectivity index (χ0n) is 10.9. The standard InChI is InChI=1S/C15H17NO3/c1-9(17)12-4-2-3-5-13(12)16-14(18)10-6-7-11(8-10)15(16)19/h2-5,9-11,17H,6-8H2,1H3. The van der Waals surface area contributed by atoms with Crippen LogP contribution < -0.4 is 4.90 Å². The Morgan fingerprint density at radius 1 is 1.16 bits per heavy atom. The number of imide groups is 1. The molecule has 100 valence electrons. The number of nitrogens with zero attached hydrogens (tertiary/aromatic N) is 1.